The van der Waals surface area contributed by atoms with E-state index < -0.39 is 0 Å². The van der Waals surface area contributed by atoms with E-state index in [1.54, 1.807) is 24.1 Å². The van der Waals surface area contributed by atoms with Crippen molar-refractivity contribution in [2.45, 2.75) is 11.8 Å². The lowest BCUT2D eigenvalue weighted by Gasteiger charge is -2.16. The summed E-state index contributed by atoms with van der Waals surface area (Å²) >= 11 is 6.54. The molecule has 0 bridgehead atoms. The predicted molar refractivity (Wildman–Crippen MR) is 61.8 cm³/mol. The van der Waals surface area contributed by atoms with Gasteiger partial charge in [0.1, 0.15) is 0 Å². The molecule has 0 aromatic carbocycles. The van der Waals surface area contributed by atoms with Crippen molar-refractivity contribution in [2.24, 2.45) is 0 Å². The molecular formula is C9H11Br2NO2. The van der Waals surface area contributed by atoms with Crippen LogP contribution in [0.1, 0.15) is 17.5 Å². The summed E-state index contributed by atoms with van der Waals surface area (Å²) in [7, 11) is 1.75. The molecule has 0 aliphatic carbocycles. The highest BCUT2D eigenvalue weighted by Crippen LogP contribution is 2.15. The van der Waals surface area contributed by atoms with E-state index in [0.29, 0.717) is 17.0 Å². The molecule has 0 spiro atoms. The van der Waals surface area contributed by atoms with Gasteiger partial charge in [0, 0.05) is 18.4 Å². The molecule has 0 saturated carbocycles. The maximum atomic E-state index is 11.7. The minimum atomic E-state index is -0.109. The van der Waals surface area contributed by atoms with Crippen LogP contribution < -0.4 is 0 Å². The number of nitrogens with zero attached hydrogens (tertiary/aromatic N) is 1. The third-order valence-electron chi connectivity index (χ3n) is 1.66. The highest BCUT2D eigenvalue weighted by atomic mass is 79.9. The number of halogens is 2. The minimum absolute atomic E-state index is 0.109. The third kappa shape index (κ3) is 3.13. The molecule has 5 heteroatoms. The quantitative estimate of drug-likeness (QED) is 0.801. The average Bonchev–Trinajstić information content (AvgIpc) is 2.49. The Bertz CT molecular complexity index is 322. The zero-order chi connectivity index (χ0) is 10.7. The van der Waals surface area contributed by atoms with E-state index >= 15 is 0 Å². The SMILES string of the molecule is CC(Br)CN(C)C(=O)c1ccc(Br)o1. The summed E-state index contributed by atoms with van der Waals surface area (Å²) < 4.78 is 5.73. The van der Waals surface area contributed by atoms with Gasteiger partial charge in [-0.1, -0.05) is 22.9 Å². The fraction of sp³-hybridized carbons (Fsp3) is 0.444. The van der Waals surface area contributed by atoms with Crippen molar-refractivity contribution in [2.75, 3.05) is 13.6 Å². The van der Waals surface area contributed by atoms with Crippen LogP contribution >= 0.6 is 31.9 Å². The van der Waals surface area contributed by atoms with Gasteiger partial charge in [-0.25, -0.2) is 0 Å². The van der Waals surface area contributed by atoms with E-state index in [4.69, 9.17) is 4.42 Å². The van der Waals surface area contributed by atoms with Crippen LogP contribution in [-0.2, 0) is 0 Å². The maximum Gasteiger partial charge on any atom is 0.289 e. The molecule has 1 aromatic rings. The molecular weight excluding hydrogens is 314 g/mol. The first kappa shape index (κ1) is 11.8. The zero-order valence-electron chi connectivity index (χ0n) is 7.96. The van der Waals surface area contributed by atoms with Crippen molar-refractivity contribution in [1.82, 2.24) is 4.90 Å². The first-order valence-corrected chi connectivity index (χ1v) is 5.86. The number of rotatable bonds is 3. The lowest BCUT2D eigenvalue weighted by atomic mass is 10.3. The molecule has 0 N–H and O–H groups in total. The number of carbonyl (C=O) groups is 1. The van der Waals surface area contributed by atoms with Gasteiger partial charge in [-0.05, 0) is 28.1 Å². The van der Waals surface area contributed by atoms with Gasteiger partial charge >= 0.3 is 0 Å². The molecule has 3 nitrogen and oxygen atoms in total. The number of carbonyl (C=O) groups excluding carboxylic acids is 1. The smallest absolute Gasteiger partial charge is 0.289 e. The monoisotopic (exact) mass is 323 g/mol. The largest absolute Gasteiger partial charge is 0.444 e. The summed E-state index contributed by atoms with van der Waals surface area (Å²) in [6.07, 6.45) is 0. The van der Waals surface area contributed by atoms with Crippen molar-refractivity contribution < 1.29 is 9.21 Å². The van der Waals surface area contributed by atoms with E-state index in [-0.39, 0.29) is 10.7 Å². The first-order valence-electron chi connectivity index (χ1n) is 4.15. The second-order valence-corrected chi connectivity index (χ2v) is 5.41. The Morgan fingerprint density at radius 2 is 2.29 bits per heavy atom. The molecule has 0 fully saturated rings. The van der Waals surface area contributed by atoms with Gasteiger partial charge in [0.05, 0.1) is 0 Å². The molecule has 1 amide bonds. The molecule has 14 heavy (non-hydrogen) atoms. The fourth-order valence-corrected chi connectivity index (χ4v) is 1.82. The Morgan fingerprint density at radius 1 is 1.64 bits per heavy atom. The van der Waals surface area contributed by atoms with Gasteiger partial charge in [-0.2, -0.15) is 0 Å². The van der Waals surface area contributed by atoms with Crippen molar-refractivity contribution in [3.05, 3.63) is 22.6 Å². The molecule has 0 radical (unpaired) electrons. The summed E-state index contributed by atoms with van der Waals surface area (Å²) in [6.45, 7) is 2.64. The summed E-state index contributed by atoms with van der Waals surface area (Å²) in [4.78, 5) is 13.6. The van der Waals surface area contributed by atoms with Gasteiger partial charge in [0.25, 0.3) is 5.91 Å². The van der Waals surface area contributed by atoms with Gasteiger partial charge in [-0.15, -0.1) is 0 Å². The summed E-state index contributed by atoms with van der Waals surface area (Å²) in [5.74, 6) is 0.245. The number of hydrogen-bond acceptors (Lipinski definition) is 2. The van der Waals surface area contributed by atoms with E-state index in [0.717, 1.165) is 0 Å². The van der Waals surface area contributed by atoms with E-state index in [1.807, 2.05) is 6.92 Å². The van der Waals surface area contributed by atoms with Gasteiger partial charge in [-0.3, -0.25) is 4.79 Å². The van der Waals surface area contributed by atoms with Crippen LogP contribution in [0, 0.1) is 0 Å². The van der Waals surface area contributed by atoms with E-state index in [1.165, 1.54) is 0 Å². The van der Waals surface area contributed by atoms with Crippen LogP contribution in [0.3, 0.4) is 0 Å². The predicted octanol–water partition coefficient (Wildman–Crippen LogP) is 2.90. The van der Waals surface area contributed by atoms with Crippen LogP contribution in [0.15, 0.2) is 21.2 Å². The molecule has 1 heterocycles. The Balaban J connectivity index is 2.65. The minimum Gasteiger partial charge on any atom is -0.444 e. The van der Waals surface area contributed by atoms with E-state index in [9.17, 15) is 4.79 Å². The van der Waals surface area contributed by atoms with Gasteiger partial charge in [0.15, 0.2) is 10.4 Å². The number of hydrogen-bond donors (Lipinski definition) is 0. The van der Waals surface area contributed by atoms with Crippen LogP contribution in [0.2, 0.25) is 0 Å². The number of amides is 1. The van der Waals surface area contributed by atoms with Gasteiger partial charge < -0.3 is 9.32 Å². The number of furan rings is 1. The van der Waals surface area contributed by atoms with Gasteiger partial charge in [0.2, 0.25) is 0 Å². The first-order chi connectivity index (χ1) is 6.50. The Kier molecular flexibility index (Phi) is 4.19. The third-order valence-corrected chi connectivity index (χ3v) is 2.37. The Morgan fingerprint density at radius 3 is 2.71 bits per heavy atom. The van der Waals surface area contributed by atoms with Crippen molar-refractivity contribution in [3.8, 4) is 0 Å². The lowest BCUT2D eigenvalue weighted by Crippen LogP contribution is -2.30. The summed E-state index contributed by atoms with van der Waals surface area (Å²) in [5.41, 5.74) is 0. The Hall–Kier alpha value is -0.290. The highest BCUT2D eigenvalue weighted by Gasteiger charge is 2.16. The molecule has 0 saturated heterocycles. The molecule has 1 unspecified atom stereocenters. The average molecular weight is 325 g/mol. The van der Waals surface area contributed by atoms with E-state index in [2.05, 4.69) is 31.9 Å². The van der Waals surface area contributed by atoms with Crippen LogP contribution in [-0.4, -0.2) is 29.2 Å². The van der Waals surface area contributed by atoms with Crippen LogP contribution in [0.25, 0.3) is 0 Å². The second kappa shape index (κ2) is 4.98. The highest BCUT2D eigenvalue weighted by molar-refractivity contribution is 9.10. The molecule has 78 valence electrons. The molecule has 0 aliphatic heterocycles. The van der Waals surface area contributed by atoms with Crippen molar-refractivity contribution in [3.63, 3.8) is 0 Å². The Labute approximate surface area is 99.7 Å². The zero-order valence-corrected chi connectivity index (χ0v) is 11.1. The standard InChI is InChI=1S/C9H11Br2NO2/c1-6(10)5-12(2)9(13)7-3-4-8(11)14-7/h3-4,6H,5H2,1-2H3. The fourth-order valence-electron chi connectivity index (χ4n) is 1.08. The molecule has 1 aromatic heterocycles. The number of alkyl halides is 1. The molecule has 1 atom stereocenters. The topological polar surface area (TPSA) is 33.5 Å². The van der Waals surface area contributed by atoms with Crippen molar-refractivity contribution >= 4 is 37.8 Å². The normalized spacial score (nSPS) is 12.6. The second-order valence-electron chi connectivity index (χ2n) is 3.07. The van der Waals surface area contributed by atoms with Crippen molar-refractivity contribution in [1.29, 1.82) is 0 Å². The van der Waals surface area contributed by atoms with Crippen LogP contribution in [0.5, 0.6) is 0 Å². The summed E-state index contributed by atoms with van der Waals surface area (Å²) in [5, 5.41) is 0. The molecule has 0 aliphatic rings. The summed E-state index contributed by atoms with van der Waals surface area (Å²) in [6, 6.07) is 3.36. The lowest BCUT2D eigenvalue weighted by molar-refractivity contribution is 0.0764. The molecule has 1 rings (SSSR count). The maximum absolute atomic E-state index is 11.7. The van der Waals surface area contributed by atoms with Crippen LogP contribution in [0.4, 0.5) is 0 Å².